The van der Waals surface area contributed by atoms with E-state index < -0.39 is 35.5 Å². The first-order valence-corrected chi connectivity index (χ1v) is 10.1. The van der Waals surface area contributed by atoms with E-state index in [2.05, 4.69) is 5.10 Å². The van der Waals surface area contributed by atoms with E-state index in [1.165, 1.54) is 29.2 Å². The van der Waals surface area contributed by atoms with Gasteiger partial charge >= 0.3 is 11.9 Å². The van der Waals surface area contributed by atoms with Gasteiger partial charge < -0.3 is 9.80 Å². The van der Waals surface area contributed by atoms with E-state index in [9.17, 15) is 31.9 Å². The molecule has 3 heterocycles. The summed E-state index contributed by atoms with van der Waals surface area (Å²) in [5, 5.41) is 3.47. The van der Waals surface area contributed by atoms with E-state index in [0.717, 1.165) is 11.7 Å². The lowest BCUT2D eigenvalue weighted by molar-refractivity contribution is -0.147. The molecule has 2 aromatic rings. The molecule has 0 aliphatic carbocycles. The summed E-state index contributed by atoms with van der Waals surface area (Å²) in [6.45, 7) is 0.669. The van der Waals surface area contributed by atoms with Crippen molar-refractivity contribution in [1.29, 1.82) is 0 Å². The third-order valence-electron chi connectivity index (χ3n) is 5.99. The van der Waals surface area contributed by atoms with Crippen molar-refractivity contribution in [2.45, 2.75) is 31.5 Å². The highest BCUT2D eigenvalue weighted by molar-refractivity contribution is 6.00. The topological polar surface area (TPSA) is 80.4 Å². The van der Waals surface area contributed by atoms with Gasteiger partial charge in [-0.1, -0.05) is 0 Å². The Morgan fingerprint density at radius 3 is 2.28 bits per heavy atom. The minimum absolute atomic E-state index is 0.0325. The molecule has 2 aliphatic heterocycles. The molecule has 32 heavy (non-hydrogen) atoms. The Morgan fingerprint density at radius 2 is 1.72 bits per heavy atom. The van der Waals surface area contributed by atoms with Gasteiger partial charge in [0.25, 0.3) is 0 Å². The molecule has 1 aromatic heterocycles. The third kappa shape index (κ3) is 4.00. The minimum Gasteiger partial charge on any atom is -0.342 e. The minimum atomic E-state index is -4.73. The Bertz CT molecular complexity index is 1080. The van der Waals surface area contributed by atoms with E-state index >= 15 is 0 Å². The highest BCUT2D eigenvalue weighted by atomic mass is 19.4. The van der Waals surface area contributed by atoms with Crippen molar-refractivity contribution >= 4 is 17.5 Å². The van der Waals surface area contributed by atoms with Crippen LogP contribution in [0.15, 0.2) is 29.1 Å². The van der Waals surface area contributed by atoms with Gasteiger partial charge in [-0.25, -0.2) is 13.9 Å². The molecule has 1 aromatic carbocycles. The van der Waals surface area contributed by atoms with Gasteiger partial charge in [0, 0.05) is 38.8 Å². The SMILES string of the molecule is Cn1c(C(F)(F)F)nn(C2CCN(C(=O)C3CC(=O)N(c4ccc(F)cc4)C3)CC2)c1=O. The number of hydrogen-bond donors (Lipinski definition) is 0. The number of amides is 2. The van der Waals surface area contributed by atoms with E-state index in [-0.39, 0.29) is 50.7 Å². The maximum Gasteiger partial charge on any atom is 0.451 e. The van der Waals surface area contributed by atoms with Gasteiger partial charge in [-0.2, -0.15) is 13.2 Å². The number of halogens is 4. The van der Waals surface area contributed by atoms with Crippen LogP contribution in [0, 0.1) is 11.7 Å². The Morgan fingerprint density at radius 1 is 1.09 bits per heavy atom. The van der Waals surface area contributed by atoms with Gasteiger partial charge in [0.15, 0.2) is 0 Å². The Balaban J connectivity index is 1.40. The molecule has 1 atom stereocenters. The average molecular weight is 455 g/mol. The summed E-state index contributed by atoms with van der Waals surface area (Å²) < 4.78 is 53.5. The highest BCUT2D eigenvalue weighted by Gasteiger charge is 2.41. The van der Waals surface area contributed by atoms with Crippen LogP contribution in [0.2, 0.25) is 0 Å². The first-order chi connectivity index (χ1) is 15.1. The van der Waals surface area contributed by atoms with Crippen LogP contribution in [0.25, 0.3) is 0 Å². The fourth-order valence-electron chi connectivity index (χ4n) is 4.27. The second kappa shape index (κ2) is 8.06. The lowest BCUT2D eigenvalue weighted by atomic mass is 10.0. The molecule has 8 nitrogen and oxygen atoms in total. The molecule has 1 unspecified atom stereocenters. The second-order valence-electron chi connectivity index (χ2n) is 8.05. The van der Waals surface area contributed by atoms with E-state index in [0.29, 0.717) is 10.3 Å². The normalized spacial score (nSPS) is 20.3. The van der Waals surface area contributed by atoms with Crippen LogP contribution in [-0.2, 0) is 22.8 Å². The predicted molar refractivity (Wildman–Crippen MR) is 104 cm³/mol. The number of hydrogen-bond acceptors (Lipinski definition) is 4. The number of carbonyl (C=O) groups excluding carboxylic acids is 2. The Kier molecular flexibility index (Phi) is 5.55. The fourth-order valence-corrected chi connectivity index (χ4v) is 4.27. The molecular weight excluding hydrogens is 434 g/mol. The molecule has 0 spiro atoms. The van der Waals surface area contributed by atoms with Crippen molar-refractivity contribution in [2.24, 2.45) is 13.0 Å². The highest BCUT2D eigenvalue weighted by Crippen LogP contribution is 2.30. The smallest absolute Gasteiger partial charge is 0.342 e. The Hall–Kier alpha value is -3.18. The molecular formula is C20H21F4N5O3. The van der Waals surface area contributed by atoms with Crippen LogP contribution in [0.5, 0.6) is 0 Å². The number of likely N-dealkylation sites (tertiary alicyclic amines) is 1. The molecule has 0 saturated carbocycles. The molecule has 12 heteroatoms. The van der Waals surface area contributed by atoms with Gasteiger partial charge in [0.1, 0.15) is 5.82 Å². The van der Waals surface area contributed by atoms with E-state index in [4.69, 9.17) is 0 Å². The standard InChI is InChI=1S/C20H21F4N5O3/c1-26-18(20(22,23)24)25-29(19(26)32)15-6-8-27(9-7-15)17(31)12-10-16(30)28(11-12)14-4-2-13(21)3-5-14/h2-5,12,15H,6-11H2,1H3. The monoisotopic (exact) mass is 455 g/mol. The quantitative estimate of drug-likeness (QED) is 0.663. The number of aromatic nitrogens is 3. The summed E-state index contributed by atoms with van der Waals surface area (Å²) in [6.07, 6.45) is -4.14. The van der Waals surface area contributed by atoms with Gasteiger partial charge in [0.2, 0.25) is 17.6 Å². The second-order valence-corrected chi connectivity index (χ2v) is 8.05. The van der Waals surface area contributed by atoms with Crippen LogP contribution in [-0.4, -0.2) is 50.7 Å². The lowest BCUT2D eigenvalue weighted by Gasteiger charge is -2.33. The molecule has 2 fully saturated rings. The summed E-state index contributed by atoms with van der Waals surface area (Å²) in [5.41, 5.74) is -0.334. The summed E-state index contributed by atoms with van der Waals surface area (Å²) >= 11 is 0. The molecule has 2 saturated heterocycles. The number of rotatable bonds is 3. The van der Waals surface area contributed by atoms with Crippen molar-refractivity contribution in [3.05, 3.63) is 46.4 Å². The average Bonchev–Trinajstić information content (AvgIpc) is 3.28. The largest absolute Gasteiger partial charge is 0.451 e. The third-order valence-corrected chi connectivity index (χ3v) is 5.99. The molecule has 4 rings (SSSR count). The number of anilines is 1. The first-order valence-electron chi connectivity index (χ1n) is 10.1. The summed E-state index contributed by atoms with van der Waals surface area (Å²) in [5.74, 6) is -2.69. The zero-order valence-corrected chi connectivity index (χ0v) is 17.2. The molecule has 2 aliphatic rings. The van der Waals surface area contributed by atoms with Crippen molar-refractivity contribution in [1.82, 2.24) is 19.2 Å². The van der Waals surface area contributed by atoms with Crippen molar-refractivity contribution < 1.29 is 27.2 Å². The molecule has 0 bridgehead atoms. The Labute approximate surface area is 180 Å². The summed E-state index contributed by atoms with van der Waals surface area (Å²) in [4.78, 5) is 40.5. The maximum atomic E-state index is 13.1. The van der Waals surface area contributed by atoms with E-state index in [1.54, 1.807) is 4.90 Å². The van der Waals surface area contributed by atoms with Gasteiger partial charge in [0.05, 0.1) is 12.0 Å². The number of carbonyl (C=O) groups is 2. The first kappa shape index (κ1) is 22.0. The van der Waals surface area contributed by atoms with Crippen molar-refractivity contribution in [3.8, 4) is 0 Å². The molecule has 172 valence electrons. The molecule has 0 N–H and O–H groups in total. The lowest BCUT2D eigenvalue weighted by Crippen LogP contribution is -2.44. The zero-order valence-electron chi connectivity index (χ0n) is 17.2. The van der Waals surface area contributed by atoms with Crippen molar-refractivity contribution in [2.75, 3.05) is 24.5 Å². The predicted octanol–water partition coefficient (Wildman–Crippen LogP) is 1.96. The van der Waals surface area contributed by atoms with Gasteiger partial charge in [-0.3, -0.25) is 14.2 Å². The van der Waals surface area contributed by atoms with Gasteiger partial charge in [-0.05, 0) is 37.1 Å². The van der Waals surface area contributed by atoms with Crippen LogP contribution in [0.3, 0.4) is 0 Å². The van der Waals surface area contributed by atoms with Crippen LogP contribution >= 0.6 is 0 Å². The molecule has 0 radical (unpaired) electrons. The maximum absolute atomic E-state index is 13.1. The van der Waals surface area contributed by atoms with Crippen LogP contribution < -0.4 is 10.6 Å². The number of nitrogens with zero attached hydrogens (tertiary/aromatic N) is 5. The van der Waals surface area contributed by atoms with Gasteiger partial charge in [-0.15, -0.1) is 5.10 Å². The van der Waals surface area contributed by atoms with E-state index in [1.807, 2.05) is 0 Å². The number of benzene rings is 1. The number of alkyl halides is 3. The number of piperidine rings is 1. The van der Waals surface area contributed by atoms with Crippen molar-refractivity contribution in [3.63, 3.8) is 0 Å². The fraction of sp³-hybridized carbons (Fsp3) is 0.500. The molecule has 2 amide bonds. The van der Waals surface area contributed by atoms with Crippen LogP contribution in [0.4, 0.5) is 23.2 Å². The summed E-state index contributed by atoms with van der Waals surface area (Å²) in [6, 6.07) is 4.89. The zero-order chi connectivity index (χ0) is 23.2. The van der Waals surface area contributed by atoms with Crippen LogP contribution in [0.1, 0.15) is 31.1 Å². The summed E-state index contributed by atoms with van der Waals surface area (Å²) in [7, 11) is 1.03.